The molecule has 400 valence electrons. The second kappa shape index (κ2) is 34.9. The normalized spacial score (nSPS) is 14.5. The third kappa shape index (κ3) is 23.6. The summed E-state index contributed by atoms with van der Waals surface area (Å²) in [7, 11) is -3.20. The number of ether oxygens (including phenoxy) is 4. The van der Waals surface area contributed by atoms with Crippen LogP contribution in [0.1, 0.15) is 192 Å². The van der Waals surface area contributed by atoms with Crippen molar-refractivity contribution in [3.8, 4) is 11.1 Å². The van der Waals surface area contributed by atoms with Crippen LogP contribution in [0.25, 0.3) is 11.1 Å². The van der Waals surface area contributed by atoms with Crippen molar-refractivity contribution in [2.24, 2.45) is 0 Å². The summed E-state index contributed by atoms with van der Waals surface area (Å²) >= 11 is 1.33. The van der Waals surface area contributed by atoms with Crippen molar-refractivity contribution in [1.82, 2.24) is 10.6 Å². The topological polar surface area (TPSA) is 165 Å². The molecule has 2 amide bonds. The number of nitrogens with one attached hydrogen (secondary N) is 2. The molecule has 4 rings (SSSR count). The molecule has 0 bridgehead atoms. The Hall–Kier alpha value is -3.42. The Kier molecular flexibility index (Phi) is 29.6. The minimum Gasteiger partial charge on any atom is -0.462 e. The van der Waals surface area contributed by atoms with E-state index in [4.69, 9.17) is 28.0 Å². The summed E-state index contributed by atoms with van der Waals surface area (Å²) in [5, 5.41) is 5.98. The molecule has 71 heavy (non-hydrogen) atoms. The maximum absolute atomic E-state index is 14.2. The number of thioether (sulfide) groups is 1. The fourth-order valence-electron chi connectivity index (χ4n) is 9.05. The lowest BCUT2D eigenvalue weighted by molar-refractivity contribution is -0.157. The molecule has 0 radical (unpaired) electrons. The van der Waals surface area contributed by atoms with E-state index < -0.39 is 37.3 Å². The van der Waals surface area contributed by atoms with Crippen molar-refractivity contribution in [3.05, 3.63) is 59.7 Å². The summed E-state index contributed by atoms with van der Waals surface area (Å²) in [5.41, 5.74) is 3.76. The van der Waals surface area contributed by atoms with Crippen LogP contribution in [0.15, 0.2) is 48.5 Å². The van der Waals surface area contributed by atoms with Crippen LogP contribution in [-0.2, 0) is 46.9 Å². The van der Waals surface area contributed by atoms with E-state index in [2.05, 4.69) is 48.7 Å². The fraction of sp³-hybridized carbons (Fsp3) is 0.714. The van der Waals surface area contributed by atoms with E-state index >= 15 is 0 Å². The van der Waals surface area contributed by atoms with Gasteiger partial charge in [0.2, 0.25) is 5.91 Å². The molecule has 2 atom stereocenters. The number of carbonyl (C=O) groups is 4. The second-order valence-corrected chi connectivity index (χ2v) is 22.6. The first-order chi connectivity index (χ1) is 34.6. The van der Waals surface area contributed by atoms with Crippen molar-refractivity contribution in [1.29, 1.82) is 0 Å². The van der Waals surface area contributed by atoms with Gasteiger partial charge in [0.1, 0.15) is 25.4 Å². The predicted molar refractivity (Wildman–Crippen MR) is 285 cm³/mol. The lowest BCUT2D eigenvalue weighted by atomic mass is 9.98. The Balaban J connectivity index is 1.36. The number of amides is 2. The molecule has 0 heterocycles. The lowest BCUT2D eigenvalue weighted by Gasteiger charge is -2.24. The number of hydrogen-bond donors (Lipinski definition) is 2. The van der Waals surface area contributed by atoms with Crippen LogP contribution in [0.4, 0.5) is 4.79 Å². The minimum absolute atomic E-state index is 0.0834. The van der Waals surface area contributed by atoms with Gasteiger partial charge in [-0.3, -0.25) is 18.9 Å². The molecule has 2 aliphatic carbocycles. The summed E-state index contributed by atoms with van der Waals surface area (Å²) in [4.78, 5) is 53.9. The van der Waals surface area contributed by atoms with Gasteiger partial charge >= 0.3 is 25.6 Å². The van der Waals surface area contributed by atoms with Crippen LogP contribution in [0.2, 0.25) is 0 Å². The van der Waals surface area contributed by atoms with Crippen molar-refractivity contribution in [3.63, 3.8) is 0 Å². The molecule has 2 aromatic carbocycles. The van der Waals surface area contributed by atoms with Crippen LogP contribution >= 0.6 is 19.4 Å². The van der Waals surface area contributed by atoms with Crippen LogP contribution in [0.5, 0.6) is 0 Å². The molecule has 15 heteroatoms. The summed E-state index contributed by atoms with van der Waals surface area (Å²) < 4.78 is 47.3. The largest absolute Gasteiger partial charge is 0.462 e. The number of hydrogen-bond acceptors (Lipinski definition) is 12. The Bertz CT molecular complexity index is 1840. The van der Waals surface area contributed by atoms with Crippen molar-refractivity contribution in [2.75, 3.05) is 57.3 Å². The van der Waals surface area contributed by atoms with Gasteiger partial charge < -0.3 is 38.6 Å². The molecule has 1 fully saturated rings. The summed E-state index contributed by atoms with van der Waals surface area (Å²) in [6.45, 7) is 9.12. The van der Waals surface area contributed by atoms with Gasteiger partial charge in [-0.1, -0.05) is 165 Å². The molecule has 13 nitrogen and oxygen atoms in total. The van der Waals surface area contributed by atoms with Gasteiger partial charge in [0.25, 0.3) is 0 Å². The average molecular weight is 1030 g/mol. The molecule has 0 aliphatic heterocycles. The van der Waals surface area contributed by atoms with Crippen LogP contribution in [0.3, 0.4) is 0 Å². The number of alkyl carbamates (subject to hydrolysis) is 1. The summed E-state index contributed by atoms with van der Waals surface area (Å²) in [6.07, 6.45) is 21.6. The molecular weight excluding hydrogens is 940 g/mol. The van der Waals surface area contributed by atoms with Gasteiger partial charge in [0.15, 0.2) is 0 Å². The van der Waals surface area contributed by atoms with E-state index in [1.54, 1.807) is 13.8 Å². The standard InChI is InChI=1S/C56H89N2O11PS/c1-5-9-11-13-15-17-19-21-23-34-52(59)65-40-45(69-53(60)35-24-22-20-18-16-14-12-10-6-2)42-71-43-51(54(61)58-56(36-37-56)44-64-38-29-39-70(63,67-7-3)68-8-4)57-55(62)66-41-50-48-32-27-25-30-46(48)47-31-26-28-33-49(47)50/h25-28,30-33,45,50-51H,5-24,29,34-44H2,1-4H3,(H,57,62)(H,58,61)/t45-,51-/m0/s1. The second-order valence-electron chi connectivity index (χ2n) is 19.4. The molecule has 1 saturated carbocycles. The zero-order valence-corrected chi connectivity index (χ0v) is 45.5. The molecule has 2 aliphatic rings. The molecule has 0 spiro atoms. The first-order valence-electron chi connectivity index (χ1n) is 27.4. The highest BCUT2D eigenvalue weighted by atomic mass is 32.2. The van der Waals surface area contributed by atoms with Crippen molar-refractivity contribution >= 4 is 43.3 Å². The number of unbranched alkanes of at least 4 members (excludes halogenated alkanes) is 16. The number of benzene rings is 2. The summed E-state index contributed by atoms with van der Waals surface area (Å²) in [5.74, 6) is -0.833. The van der Waals surface area contributed by atoms with Crippen molar-refractivity contribution in [2.45, 2.75) is 199 Å². The van der Waals surface area contributed by atoms with Crippen molar-refractivity contribution < 1.29 is 51.7 Å². The van der Waals surface area contributed by atoms with Crippen LogP contribution < -0.4 is 10.6 Å². The van der Waals surface area contributed by atoms with E-state index in [1.165, 1.54) is 82.4 Å². The van der Waals surface area contributed by atoms with Gasteiger partial charge in [-0.05, 0) is 68.2 Å². The highest BCUT2D eigenvalue weighted by Crippen LogP contribution is 2.48. The Morgan fingerprint density at radius 2 is 1.18 bits per heavy atom. The van der Waals surface area contributed by atoms with Gasteiger partial charge in [-0.15, -0.1) is 0 Å². The quantitative estimate of drug-likeness (QED) is 0.0280. The van der Waals surface area contributed by atoms with E-state index in [1.807, 2.05) is 24.3 Å². The lowest BCUT2D eigenvalue weighted by Crippen LogP contribution is -2.53. The molecular formula is C56H89N2O11PS. The van der Waals surface area contributed by atoms with Crippen LogP contribution in [0, 0.1) is 0 Å². The van der Waals surface area contributed by atoms with E-state index in [9.17, 15) is 23.7 Å². The third-order valence-corrected chi connectivity index (χ3v) is 16.6. The van der Waals surface area contributed by atoms with Gasteiger partial charge in [-0.25, -0.2) is 4.79 Å². The number of carbonyl (C=O) groups excluding carboxylic acids is 4. The molecule has 0 saturated heterocycles. The number of esters is 2. The van der Waals surface area contributed by atoms with Gasteiger partial charge in [0, 0.05) is 36.9 Å². The molecule has 2 aromatic rings. The monoisotopic (exact) mass is 1030 g/mol. The number of rotatable bonds is 42. The van der Waals surface area contributed by atoms with E-state index in [-0.39, 0.29) is 75.0 Å². The maximum atomic E-state index is 14.2. The first kappa shape index (κ1) is 60.1. The summed E-state index contributed by atoms with van der Waals surface area (Å²) in [6, 6.07) is 15.2. The Morgan fingerprint density at radius 1 is 0.662 bits per heavy atom. The van der Waals surface area contributed by atoms with Gasteiger partial charge in [0.05, 0.1) is 31.5 Å². The average Bonchev–Trinajstić information content (AvgIpc) is 4.05. The molecule has 2 N–H and O–H groups in total. The maximum Gasteiger partial charge on any atom is 0.407 e. The van der Waals surface area contributed by atoms with E-state index in [0.29, 0.717) is 32.3 Å². The smallest absolute Gasteiger partial charge is 0.407 e. The highest BCUT2D eigenvalue weighted by molar-refractivity contribution is 7.99. The third-order valence-electron chi connectivity index (χ3n) is 13.2. The first-order valence-corrected chi connectivity index (χ1v) is 30.3. The fourth-order valence-corrected chi connectivity index (χ4v) is 11.7. The van der Waals surface area contributed by atoms with Crippen LogP contribution in [-0.4, -0.2) is 98.9 Å². The molecule has 0 aromatic heterocycles. The van der Waals surface area contributed by atoms with Gasteiger partial charge in [-0.2, -0.15) is 11.8 Å². The SMILES string of the molecule is CCCCCCCCCCCC(=O)OC[C@@H](CSC[C@H](NC(=O)OCC1c2ccccc2-c2ccccc21)C(=O)NC1(COCCCP(=O)(OCC)OCC)CC1)OC(=O)CCCCCCCCCCC. The number of fused-ring (bicyclic) bond motifs is 3. The zero-order valence-electron chi connectivity index (χ0n) is 43.8. The predicted octanol–water partition coefficient (Wildman–Crippen LogP) is 13.2. The minimum atomic E-state index is -3.20. The zero-order chi connectivity index (χ0) is 51.0. The Labute approximate surface area is 431 Å². The Morgan fingerprint density at radius 3 is 1.72 bits per heavy atom. The highest BCUT2D eigenvalue weighted by Gasteiger charge is 2.45. The molecule has 0 unspecified atom stereocenters. The van der Waals surface area contributed by atoms with E-state index in [0.717, 1.165) is 67.2 Å².